The smallest absolute Gasteiger partial charge is 0.463 e. The van der Waals surface area contributed by atoms with Gasteiger partial charge in [0.15, 0.2) is 0 Å². The van der Waals surface area contributed by atoms with E-state index >= 15 is 0 Å². The number of benzene rings is 1. The zero-order chi connectivity index (χ0) is 22.0. The highest BCUT2D eigenvalue weighted by atomic mass is 16.7. The summed E-state index contributed by atoms with van der Waals surface area (Å²) in [5, 5.41) is 13.7. The molecule has 10 heteroatoms. The predicted molar refractivity (Wildman–Crippen MR) is 101 cm³/mol. The Morgan fingerprint density at radius 2 is 1.97 bits per heavy atom. The molecule has 0 spiro atoms. The van der Waals surface area contributed by atoms with E-state index < -0.39 is 41.4 Å². The van der Waals surface area contributed by atoms with Gasteiger partial charge >= 0.3 is 12.1 Å². The number of nitro groups is 1. The van der Waals surface area contributed by atoms with Crippen LogP contribution < -0.4 is 5.32 Å². The number of carbonyl (C=O) groups is 3. The zero-order valence-electron chi connectivity index (χ0n) is 16.3. The number of rotatable bonds is 9. The van der Waals surface area contributed by atoms with Gasteiger partial charge in [0.05, 0.1) is 23.6 Å². The molecule has 0 fully saturated rings. The summed E-state index contributed by atoms with van der Waals surface area (Å²) < 4.78 is 14.7. The second-order valence-corrected chi connectivity index (χ2v) is 6.06. The van der Waals surface area contributed by atoms with Gasteiger partial charge in [-0.25, -0.2) is 9.59 Å². The van der Waals surface area contributed by atoms with Crippen molar-refractivity contribution in [3.8, 4) is 12.3 Å². The average Bonchev–Trinajstić information content (AvgIpc) is 2.68. The number of terminal acetylenes is 1. The first-order valence-corrected chi connectivity index (χ1v) is 8.70. The van der Waals surface area contributed by atoms with Crippen molar-refractivity contribution in [1.29, 1.82) is 0 Å². The lowest BCUT2D eigenvalue weighted by Crippen LogP contribution is -2.34. The van der Waals surface area contributed by atoms with Crippen LogP contribution in [0.5, 0.6) is 0 Å². The second-order valence-electron chi connectivity index (χ2n) is 6.06. The summed E-state index contributed by atoms with van der Waals surface area (Å²) in [6.07, 6.45) is 2.71. The second kappa shape index (κ2) is 11.3. The molecule has 1 N–H and O–H groups in total. The van der Waals surface area contributed by atoms with Crippen molar-refractivity contribution in [3.63, 3.8) is 0 Å². The zero-order valence-corrected chi connectivity index (χ0v) is 16.3. The fourth-order valence-electron chi connectivity index (χ4n) is 2.19. The van der Waals surface area contributed by atoms with Crippen LogP contribution in [0.3, 0.4) is 0 Å². The van der Waals surface area contributed by atoms with Crippen LogP contribution in [0, 0.1) is 28.4 Å². The Hall–Kier alpha value is -3.61. The molecule has 0 saturated carbocycles. The van der Waals surface area contributed by atoms with E-state index in [0.717, 1.165) is 6.07 Å². The van der Waals surface area contributed by atoms with Crippen LogP contribution in [0.25, 0.3) is 0 Å². The number of carbonyl (C=O) groups excluding carboxylic acids is 3. The summed E-state index contributed by atoms with van der Waals surface area (Å²) in [5.74, 6) is 0.563. The molecule has 0 bridgehead atoms. The van der Waals surface area contributed by atoms with Gasteiger partial charge in [0.1, 0.15) is 6.61 Å². The lowest BCUT2D eigenvalue weighted by atomic mass is 10.1. The first-order valence-electron chi connectivity index (χ1n) is 8.70. The van der Waals surface area contributed by atoms with Gasteiger partial charge in [-0.2, -0.15) is 0 Å². The third-order valence-electron chi connectivity index (χ3n) is 3.59. The van der Waals surface area contributed by atoms with Crippen LogP contribution in [-0.2, 0) is 25.6 Å². The highest BCUT2D eigenvalue weighted by Crippen LogP contribution is 2.22. The highest BCUT2D eigenvalue weighted by molar-refractivity contribution is 5.95. The minimum absolute atomic E-state index is 0.0270. The quantitative estimate of drug-likeness (QED) is 0.285. The summed E-state index contributed by atoms with van der Waals surface area (Å²) in [7, 11) is 0. The van der Waals surface area contributed by atoms with E-state index in [4.69, 9.17) is 20.6 Å². The fraction of sp³-hybridized carbons (Fsp3) is 0.421. The Morgan fingerprint density at radius 1 is 1.28 bits per heavy atom. The minimum atomic E-state index is -1.18. The maximum absolute atomic E-state index is 11.9. The molecule has 0 aliphatic heterocycles. The van der Waals surface area contributed by atoms with Crippen molar-refractivity contribution < 1.29 is 33.5 Å². The van der Waals surface area contributed by atoms with Crippen LogP contribution in [0.4, 0.5) is 10.5 Å². The summed E-state index contributed by atoms with van der Waals surface area (Å²) in [6.45, 7) is 4.53. The summed E-state index contributed by atoms with van der Waals surface area (Å²) in [5.41, 5.74) is -0.352. The minimum Gasteiger partial charge on any atom is -0.463 e. The first kappa shape index (κ1) is 23.4. The van der Waals surface area contributed by atoms with Crippen molar-refractivity contribution >= 4 is 23.7 Å². The maximum Gasteiger partial charge on any atom is 0.509 e. The third-order valence-corrected chi connectivity index (χ3v) is 3.59. The van der Waals surface area contributed by atoms with Gasteiger partial charge < -0.3 is 19.5 Å². The summed E-state index contributed by atoms with van der Waals surface area (Å²) >= 11 is 0. The largest absolute Gasteiger partial charge is 0.509 e. The predicted octanol–water partition coefficient (Wildman–Crippen LogP) is 2.20. The molecule has 156 valence electrons. The van der Waals surface area contributed by atoms with Crippen LogP contribution in [0.2, 0.25) is 0 Å². The molecule has 0 radical (unpaired) electrons. The van der Waals surface area contributed by atoms with E-state index in [9.17, 15) is 24.5 Å². The molecule has 10 nitrogen and oxygen atoms in total. The Bertz CT molecular complexity index is 813. The Morgan fingerprint density at radius 3 is 2.52 bits per heavy atom. The van der Waals surface area contributed by atoms with Gasteiger partial charge in [0, 0.05) is 17.5 Å². The molecule has 1 aromatic rings. The number of esters is 1. The SMILES string of the molecule is C#CCNC(=O)c1ccc(COC(=O)OC(C(=O)OCC)C(C)C)c([N+](=O)[O-])c1. The van der Waals surface area contributed by atoms with Crippen molar-refractivity contribution in [3.05, 3.63) is 39.4 Å². The van der Waals surface area contributed by atoms with E-state index in [0.29, 0.717) is 0 Å². The highest BCUT2D eigenvalue weighted by Gasteiger charge is 2.29. The molecule has 1 amide bonds. The van der Waals surface area contributed by atoms with Gasteiger partial charge in [0.25, 0.3) is 11.6 Å². The molecule has 1 rings (SSSR count). The normalized spacial score (nSPS) is 11.1. The molecule has 0 heterocycles. The van der Waals surface area contributed by atoms with Crippen molar-refractivity contribution in [2.24, 2.45) is 5.92 Å². The first-order chi connectivity index (χ1) is 13.7. The van der Waals surface area contributed by atoms with Gasteiger partial charge in [-0.1, -0.05) is 19.8 Å². The van der Waals surface area contributed by atoms with E-state index in [2.05, 4.69) is 11.2 Å². The number of hydrogen-bond donors (Lipinski definition) is 1. The van der Waals surface area contributed by atoms with Crippen LogP contribution in [-0.4, -0.2) is 42.2 Å². The third kappa shape index (κ3) is 7.14. The van der Waals surface area contributed by atoms with Crippen LogP contribution in [0.15, 0.2) is 18.2 Å². The van der Waals surface area contributed by atoms with E-state index in [1.54, 1.807) is 20.8 Å². The van der Waals surface area contributed by atoms with Gasteiger partial charge in [-0.3, -0.25) is 14.9 Å². The van der Waals surface area contributed by atoms with Crippen molar-refractivity contribution in [2.75, 3.05) is 13.2 Å². The standard InChI is InChI=1S/C19H22N2O8/c1-5-9-20-17(22)13-7-8-14(15(10-13)21(25)26)11-28-19(24)29-16(12(3)4)18(23)27-6-2/h1,7-8,10,12,16H,6,9,11H2,2-4H3,(H,20,22). The van der Waals surface area contributed by atoms with E-state index in [-0.39, 0.29) is 30.2 Å². The molecule has 0 aliphatic rings. The maximum atomic E-state index is 11.9. The van der Waals surface area contributed by atoms with Gasteiger partial charge in [-0.15, -0.1) is 6.42 Å². The fourth-order valence-corrected chi connectivity index (χ4v) is 2.19. The van der Waals surface area contributed by atoms with E-state index in [1.807, 2.05) is 0 Å². The number of ether oxygens (including phenoxy) is 3. The molecule has 1 atom stereocenters. The summed E-state index contributed by atoms with van der Waals surface area (Å²) in [6, 6.07) is 3.66. The number of nitrogens with zero attached hydrogens (tertiary/aromatic N) is 1. The van der Waals surface area contributed by atoms with Gasteiger partial charge in [0.2, 0.25) is 6.10 Å². The molecule has 29 heavy (non-hydrogen) atoms. The lowest BCUT2D eigenvalue weighted by molar-refractivity contribution is -0.385. The Kier molecular flexibility index (Phi) is 9.12. The Labute approximate surface area is 167 Å². The number of hydrogen-bond acceptors (Lipinski definition) is 8. The Balaban J connectivity index is 2.85. The van der Waals surface area contributed by atoms with Crippen LogP contribution >= 0.6 is 0 Å². The molecule has 1 aromatic carbocycles. The van der Waals surface area contributed by atoms with Crippen molar-refractivity contribution in [1.82, 2.24) is 5.32 Å². The monoisotopic (exact) mass is 406 g/mol. The summed E-state index contributed by atoms with van der Waals surface area (Å²) in [4.78, 5) is 46.2. The molecule has 0 aromatic heterocycles. The molecule has 1 unspecified atom stereocenters. The van der Waals surface area contributed by atoms with Crippen LogP contribution in [0.1, 0.15) is 36.7 Å². The average molecular weight is 406 g/mol. The number of nitrogens with one attached hydrogen (secondary N) is 1. The number of nitro benzene ring substituents is 1. The van der Waals surface area contributed by atoms with Crippen molar-refractivity contribution in [2.45, 2.75) is 33.5 Å². The molecular weight excluding hydrogens is 384 g/mol. The number of amides is 1. The lowest BCUT2D eigenvalue weighted by Gasteiger charge is -2.19. The molecule has 0 saturated heterocycles. The van der Waals surface area contributed by atoms with Gasteiger partial charge in [-0.05, 0) is 19.1 Å². The molecular formula is C19H22N2O8. The molecule has 0 aliphatic carbocycles. The van der Waals surface area contributed by atoms with E-state index in [1.165, 1.54) is 12.1 Å². The topological polar surface area (TPSA) is 134 Å².